The van der Waals surface area contributed by atoms with E-state index in [-0.39, 0.29) is 18.1 Å². The molecule has 2 aromatic heterocycles. The Morgan fingerprint density at radius 1 is 1.26 bits per heavy atom. The Balaban J connectivity index is 1.34. The number of aryl methyl sites for hydroxylation is 1. The van der Waals surface area contributed by atoms with Crippen molar-refractivity contribution in [3.05, 3.63) is 50.9 Å². The molecule has 3 aromatic rings. The number of hydrogen-bond donors (Lipinski definition) is 1. The second-order valence-electron chi connectivity index (χ2n) is 7.56. The summed E-state index contributed by atoms with van der Waals surface area (Å²) in [7, 11) is 0. The van der Waals surface area contributed by atoms with Crippen LogP contribution in [0, 0.1) is 12.8 Å². The summed E-state index contributed by atoms with van der Waals surface area (Å²) >= 11 is 2.81. The van der Waals surface area contributed by atoms with Crippen LogP contribution in [-0.4, -0.2) is 33.9 Å². The fourth-order valence-corrected chi connectivity index (χ4v) is 5.21. The third kappa shape index (κ3) is 4.65. The number of thiazole rings is 2. The number of halogens is 3. The number of carbonyl (C=O) groups is 1. The predicted molar refractivity (Wildman–Crippen MR) is 114 cm³/mol. The summed E-state index contributed by atoms with van der Waals surface area (Å²) in [6.45, 7) is 4.52. The maximum absolute atomic E-state index is 12.7. The number of aromatic nitrogens is 2. The number of anilines is 1. The number of benzene rings is 1. The number of rotatable bonds is 6. The van der Waals surface area contributed by atoms with Crippen LogP contribution < -0.4 is 4.90 Å². The number of Topliss-reactive ketones (excluding diaryl/α,β-unsaturated/α-hetero) is 1. The van der Waals surface area contributed by atoms with Gasteiger partial charge in [0.05, 0.1) is 34.2 Å². The van der Waals surface area contributed by atoms with E-state index < -0.39 is 17.8 Å². The molecule has 1 atom stereocenters. The maximum Gasteiger partial charge on any atom is 0.416 e. The fraction of sp³-hybridized carbons (Fsp3) is 0.381. The lowest BCUT2D eigenvalue weighted by molar-refractivity contribution is -0.137. The molecule has 1 aromatic carbocycles. The molecule has 1 fully saturated rings. The lowest BCUT2D eigenvalue weighted by Gasteiger charge is -2.40. The summed E-state index contributed by atoms with van der Waals surface area (Å²) in [4.78, 5) is 24.3. The third-order valence-electron chi connectivity index (χ3n) is 5.18. The van der Waals surface area contributed by atoms with E-state index in [0.29, 0.717) is 23.8 Å². The first-order chi connectivity index (χ1) is 14.6. The van der Waals surface area contributed by atoms with E-state index in [2.05, 4.69) is 9.97 Å². The zero-order valence-corrected chi connectivity index (χ0v) is 18.4. The molecule has 1 aliphatic heterocycles. The molecule has 10 heteroatoms. The van der Waals surface area contributed by atoms with Crippen molar-refractivity contribution in [1.29, 1.82) is 0 Å². The Kier molecular flexibility index (Phi) is 5.89. The summed E-state index contributed by atoms with van der Waals surface area (Å²) in [6.07, 6.45) is -4.76. The molecule has 31 heavy (non-hydrogen) atoms. The van der Waals surface area contributed by atoms with Crippen LogP contribution in [0.5, 0.6) is 0 Å². The van der Waals surface area contributed by atoms with Crippen molar-refractivity contribution in [2.45, 2.75) is 32.5 Å². The predicted octanol–water partition coefficient (Wildman–Crippen LogP) is 4.90. The molecule has 1 aliphatic rings. The van der Waals surface area contributed by atoms with Crippen LogP contribution in [-0.2, 0) is 17.4 Å². The lowest BCUT2D eigenvalue weighted by atomic mass is 9.92. The topological polar surface area (TPSA) is 66.3 Å². The molecule has 1 N–H and O–H groups in total. The molecule has 4 rings (SSSR count). The van der Waals surface area contributed by atoms with Crippen LogP contribution in [0.15, 0.2) is 29.6 Å². The van der Waals surface area contributed by atoms with Crippen molar-refractivity contribution in [3.8, 4) is 10.6 Å². The molecule has 1 saturated heterocycles. The number of ketones is 1. The van der Waals surface area contributed by atoms with Gasteiger partial charge in [-0.15, -0.1) is 22.7 Å². The molecule has 164 valence electrons. The van der Waals surface area contributed by atoms with Gasteiger partial charge in [0, 0.05) is 24.2 Å². The van der Waals surface area contributed by atoms with Gasteiger partial charge in [0.1, 0.15) is 21.9 Å². The highest BCUT2D eigenvalue weighted by atomic mass is 32.1. The molecule has 1 unspecified atom stereocenters. The highest BCUT2D eigenvalue weighted by Crippen LogP contribution is 2.35. The van der Waals surface area contributed by atoms with Crippen molar-refractivity contribution in [2.75, 3.05) is 18.0 Å². The van der Waals surface area contributed by atoms with Crippen molar-refractivity contribution in [1.82, 2.24) is 9.97 Å². The molecule has 3 heterocycles. The molecular weight excluding hydrogens is 447 g/mol. The third-order valence-corrected chi connectivity index (χ3v) is 7.38. The Morgan fingerprint density at radius 3 is 2.52 bits per heavy atom. The zero-order valence-electron chi connectivity index (χ0n) is 16.8. The molecule has 0 amide bonds. The number of alkyl halides is 3. The van der Waals surface area contributed by atoms with Gasteiger partial charge in [0.25, 0.3) is 0 Å². The summed E-state index contributed by atoms with van der Waals surface area (Å²) in [5, 5.41) is 13.0. The van der Waals surface area contributed by atoms with E-state index >= 15 is 0 Å². The Morgan fingerprint density at radius 2 is 1.94 bits per heavy atom. The van der Waals surface area contributed by atoms with Crippen LogP contribution in [0.25, 0.3) is 10.6 Å². The van der Waals surface area contributed by atoms with E-state index in [4.69, 9.17) is 0 Å². The first kappa shape index (κ1) is 21.9. The number of aliphatic hydroxyl groups is 1. The second kappa shape index (κ2) is 8.33. The largest absolute Gasteiger partial charge is 0.416 e. The van der Waals surface area contributed by atoms with Crippen molar-refractivity contribution < 1.29 is 23.1 Å². The van der Waals surface area contributed by atoms with Crippen molar-refractivity contribution in [3.63, 3.8) is 0 Å². The van der Waals surface area contributed by atoms with E-state index in [1.165, 1.54) is 34.8 Å². The number of carbonyl (C=O) groups excluding carboxylic acids is 1. The van der Waals surface area contributed by atoms with Gasteiger partial charge in [-0.25, -0.2) is 9.97 Å². The van der Waals surface area contributed by atoms with Crippen LogP contribution in [0.3, 0.4) is 0 Å². The highest BCUT2D eigenvalue weighted by Gasteiger charge is 2.34. The Bertz CT molecular complexity index is 1080. The SMILES string of the molecule is Cc1nc(C(C)O)sc1-c1csc(CC(=O)C2CN(c3ccc(C(F)(F)F)cc3)C2)n1. The normalized spacial score (nSPS) is 15.7. The number of nitrogens with zero attached hydrogens (tertiary/aromatic N) is 3. The highest BCUT2D eigenvalue weighted by molar-refractivity contribution is 7.16. The lowest BCUT2D eigenvalue weighted by Crippen LogP contribution is -2.50. The summed E-state index contributed by atoms with van der Waals surface area (Å²) in [5.41, 5.74) is 1.56. The van der Waals surface area contributed by atoms with E-state index in [1.807, 2.05) is 17.2 Å². The maximum atomic E-state index is 12.7. The molecule has 5 nitrogen and oxygen atoms in total. The molecule has 0 spiro atoms. The van der Waals surface area contributed by atoms with Crippen LogP contribution in [0.4, 0.5) is 18.9 Å². The minimum atomic E-state index is -4.35. The Labute approximate surface area is 185 Å². The van der Waals surface area contributed by atoms with Gasteiger partial charge in [-0.3, -0.25) is 4.79 Å². The van der Waals surface area contributed by atoms with Gasteiger partial charge in [0.2, 0.25) is 0 Å². The fourth-order valence-electron chi connectivity index (χ4n) is 3.38. The molecule has 0 radical (unpaired) electrons. The van der Waals surface area contributed by atoms with Gasteiger partial charge in [0.15, 0.2) is 0 Å². The molecular formula is C21H20F3N3O2S2. The number of hydrogen-bond acceptors (Lipinski definition) is 7. The first-order valence-electron chi connectivity index (χ1n) is 9.67. The van der Waals surface area contributed by atoms with E-state index in [1.54, 1.807) is 6.92 Å². The minimum absolute atomic E-state index is 0.0785. The monoisotopic (exact) mass is 467 g/mol. The van der Waals surface area contributed by atoms with Gasteiger partial charge in [-0.1, -0.05) is 0 Å². The zero-order chi connectivity index (χ0) is 22.3. The standard InChI is InChI=1S/C21H20F3N3O2S2/c1-11-19(31-20(25-11)12(2)28)16-10-30-18(26-16)7-17(29)13-8-27(9-13)15-5-3-14(4-6-15)21(22,23)24/h3-6,10,12-13,28H,7-9H2,1-2H3. The molecule has 0 bridgehead atoms. The average molecular weight is 468 g/mol. The quantitative estimate of drug-likeness (QED) is 0.559. The van der Waals surface area contributed by atoms with Gasteiger partial charge >= 0.3 is 6.18 Å². The van der Waals surface area contributed by atoms with Crippen LogP contribution >= 0.6 is 22.7 Å². The second-order valence-corrected chi connectivity index (χ2v) is 9.53. The van der Waals surface area contributed by atoms with Crippen molar-refractivity contribution in [2.24, 2.45) is 5.92 Å². The van der Waals surface area contributed by atoms with Gasteiger partial charge in [-0.05, 0) is 38.1 Å². The molecule has 0 saturated carbocycles. The van der Waals surface area contributed by atoms with Crippen molar-refractivity contribution >= 4 is 34.1 Å². The molecule has 0 aliphatic carbocycles. The summed E-state index contributed by atoms with van der Waals surface area (Å²) in [5.74, 6) is -0.0728. The van der Waals surface area contributed by atoms with Crippen LogP contribution in [0.1, 0.15) is 34.3 Å². The Hall–Kier alpha value is -2.30. The smallest absolute Gasteiger partial charge is 0.386 e. The van der Waals surface area contributed by atoms with Gasteiger partial charge in [-0.2, -0.15) is 13.2 Å². The average Bonchev–Trinajstić information content (AvgIpc) is 3.26. The minimum Gasteiger partial charge on any atom is -0.386 e. The van der Waals surface area contributed by atoms with Crippen LogP contribution in [0.2, 0.25) is 0 Å². The first-order valence-corrected chi connectivity index (χ1v) is 11.4. The number of aliphatic hydroxyl groups excluding tert-OH is 1. The van der Waals surface area contributed by atoms with Gasteiger partial charge < -0.3 is 10.0 Å². The van der Waals surface area contributed by atoms with E-state index in [9.17, 15) is 23.1 Å². The van der Waals surface area contributed by atoms with E-state index in [0.717, 1.165) is 33.4 Å². The summed E-state index contributed by atoms with van der Waals surface area (Å²) < 4.78 is 38.0. The summed E-state index contributed by atoms with van der Waals surface area (Å²) in [6, 6.07) is 5.00.